The second-order valence-corrected chi connectivity index (χ2v) is 3.69. The number of hydrogen-bond acceptors (Lipinski definition) is 5. The fraction of sp³-hybridized carbons (Fsp3) is 0.400. The summed E-state index contributed by atoms with van der Waals surface area (Å²) in [5, 5.41) is 2.76. The van der Waals surface area contributed by atoms with Crippen LogP contribution in [0.5, 0.6) is 0 Å². The molecule has 0 radical (unpaired) electrons. The number of nitrogens with two attached hydrogens (primary N) is 1. The van der Waals surface area contributed by atoms with Gasteiger partial charge in [-0.3, -0.25) is 9.59 Å². The van der Waals surface area contributed by atoms with Gasteiger partial charge in [-0.1, -0.05) is 0 Å². The molecule has 7 nitrogen and oxygen atoms in total. The number of amides is 2. The number of hydrogen-bond donors (Lipinski definition) is 2. The van der Waals surface area contributed by atoms with E-state index in [1.165, 1.54) is 12.4 Å². The van der Waals surface area contributed by atoms with Crippen molar-refractivity contribution < 1.29 is 14.3 Å². The second-order valence-electron chi connectivity index (χ2n) is 3.69. The molecule has 1 saturated heterocycles. The molecule has 1 atom stereocenters. The quantitative estimate of drug-likeness (QED) is 0.706. The van der Waals surface area contributed by atoms with Crippen molar-refractivity contribution >= 4 is 11.8 Å². The molecule has 0 aromatic carbocycles. The summed E-state index contributed by atoms with van der Waals surface area (Å²) in [5.74, 6) is -1.00. The highest BCUT2D eigenvalue weighted by Gasteiger charge is 2.19. The van der Waals surface area contributed by atoms with Crippen molar-refractivity contribution in [2.24, 2.45) is 5.73 Å². The van der Waals surface area contributed by atoms with Gasteiger partial charge < -0.3 is 15.8 Å². The number of carbonyl (C=O) groups is 2. The molecule has 2 rings (SSSR count). The molecule has 0 saturated carbocycles. The minimum atomic E-state index is -0.673. The summed E-state index contributed by atoms with van der Waals surface area (Å²) in [6.07, 6.45) is 3.20. The first-order valence-electron chi connectivity index (χ1n) is 5.17. The predicted octanol–water partition coefficient (Wildman–Crippen LogP) is -0.906. The van der Waals surface area contributed by atoms with E-state index in [1.807, 2.05) is 0 Å². The Morgan fingerprint density at radius 3 is 2.59 bits per heavy atom. The van der Waals surface area contributed by atoms with Gasteiger partial charge in [-0.25, -0.2) is 9.97 Å². The molecule has 0 aliphatic carbocycles. The van der Waals surface area contributed by atoms with E-state index in [-0.39, 0.29) is 23.3 Å². The Bertz CT molecular complexity index is 426. The minimum Gasteiger partial charge on any atom is -0.379 e. The molecule has 1 aromatic heterocycles. The molecule has 2 amide bonds. The first-order valence-corrected chi connectivity index (χ1v) is 5.17. The molecular formula is C10H12N4O3. The van der Waals surface area contributed by atoms with Crippen molar-refractivity contribution in [1.82, 2.24) is 15.3 Å². The Morgan fingerprint density at radius 1 is 1.35 bits per heavy atom. The molecule has 2 heterocycles. The van der Waals surface area contributed by atoms with Crippen molar-refractivity contribution in [1.29, 1.82) is 0 Å². The van der Waals surface area contributed by atoms with Crippen LogP contribution >= 0.6 is 0 Å². The summed E-state index contributed by atoms with van der Waals surface area (Å²) in [4.78, 5) is 30.0. The van der Waals surface area contributed by atoms with Gasteiger partial charge in [-0.05, 0) is 6.42 Å². The molecule has 0 bridgehead atoms. The van der Waals surface area contributed by atoms with E-state index in [4.69, 9.17) is 10.5 Å². The van der Waals surface area contributed by atoms with Crippen LogP contribution in [0.4, 0.5) is 0 Å². The van der Waals surface area contributed by atoms with Gasteiger partial charge in [0.15, 0.2) is 0 Å². The number of nitrogens with zero attached hydrogens (tertiary/aromatic N) is 2. The zero-order chi connectivity index (χ0) is 12.3. The van der Waals surface area contributed by atoms with Crippen LogP contribution in [0.15, 0.2) is 12.4 Å². The zero-order valence-corrected chi connectivity index (χ0v) is 9.05. The summed E-state index contributed by atoms with van der Waals surface area (Å²) in [7, 11) is 0. The monoisotopic (exact) mass is 236 g/mol. The molecule has 0 unspecified atom stereocenters. The van der Waals surface area contributed by atoms with Crippen LogP contribution in [-0.2, 0) is 4.74 Å². The Labute approximate surface area is 97.4 Å². The van der Waals surface area contributed by atoms with Crippen LogP contribution < -0.4 is 11.1 Å². The molecule has 17 heavy (non-hydrogen) atoms. The maximum Gasteiger partial charge on any atom is 0.271 e. The highest BCUT2D eigenvalue weighted by molar-refractivity contribution is 5.93. The molecule has 7 heteroatoms. The zero-order valence-electron chi connectivity index (χ0n) is 9.05. The number of carbonyl (C=O) groups excluding carboxylic acids is 2. The number of ether oxygens (including phenoxy) is 1. The Morgan fingerprint density at radius 2 is 2.06 bits per heavy atom. The van der Waals surface area contributed by atoms with Crippen molar-refractivity contribution in [3.8, 4) is 0 Å². The molecular weight excluding hydrogens is 224 g/mol. The topological polar surface area (TPSA) is 107 Å². The second kappa shape index (κ2) is 4.88. The van der Waals surface area contributed by atoms with Crippen molar-refractivity contribution in [2.45, 2.75) is 12.5 Å². The van der Waals surface area contributed by atoms with Crippen LogP contribution in [0.25, 0.3) is 0 Å². The maximum atomic E-state index is 11.7. The van der Waals surface area contributed by atoms with Gasteiger partial charge in [-0.15, -0.1) is 0 Å². The van der Waals surface area contributed by atoms with Gasteiger partial charge >= 0.3 is 0 Å². The fourth-order valence-corrected chi connectivity index (χ4v) is 1.48. The molecule has 90 valence electrons. The van der Waals surface area contributed by atoms with Gasteiger partial charge in [0.25, 0.3) is 11.8 Å². The van der Waals surface area contributed by atoms with Crippen molar-refractivity contribution in [3.05, 3.63) is 23.8 Å². The van der Waals surface area contributed by atoms with Gasteiger partial charge in [0.2, 0.25) is 0 Å². The third kappa shape index (κ3) is 2.76. The predicted molar refractivity (Wildman–Crippen MR) is 57.2 cm³/mol. The molecule has 1 aromatic rings. The molecule has 3 N–H and O–H groups in total. The standard InChI is InChI=1S/C10H12N4O3/c11-9(15)7-3-13-8(4-12-7)10(16)14-6-1-2-17-5-6/h3-4,6H,1-2,5H2,(H2,11,15)(H,14,16)/t6-/m1/s1. The lowest BCUT2D eigenvalue weighted by Gasteiger charge is -2.09. The Hall–Kier alpha value is -2.02. The van der Waals surface area contributed by atoms with E-state index < -0.39 is 5.91 Å². The summed E-state index contributed by atoms with van der Waals surface area (Å²) >= 11 is 0. The lowest BCUT2D eigenvalue weighted by Crippen LogP contribution is -2.35. The first kappa shape index (κ1) is 11.5. The fourth-order valence-electron chi connectivity index (χ4n) is 1.48. The van der Waals surface area contributed by atoms with Crippen LogP contribution in [0.1, 0.15) is 27.4 Å². The Balaban J connectivity index is 2.01. The molecule has 1 fully saturated rings. The van der Waals surface area contributed by atoms with E-state index in [0.29, 0.717) is 13.2 Å². The summed E-state index contributed by atoms with van der Waals surface area (Å²) in [6.45, 7) is 1.16. The van der Waals surface area contributed by atoms with Crippen molar-refractivity contribution in [3.63, 3.8) is 0 Å². The van der Waals surface area contributed by atoms with Crippen LogP contribution in [0.3, 0.4) is 0 Å². The summed E-state index contributed by atoms with van der Waals surface area (Å²) in [5.41, 5.74) is 5.20. The molecule has 0 spiro atoms. The third-order valence-electron chi connectivity index (χ3n) is 2.40. The van der Waals surface area contributed by atoms with Gasteiger partial charge in [-0.2, -0.15) is 0 Å². The lowest BCUT2D eigenvalue weighted by atomic mass is 10.2. The highest BCUT2D eigenvalue weighted by atomic mass is 16.5. The smallest absolute Gasteiger partial charge is 0.271 e. The summed E-state index contributed by atoms with van der Waals surface area (Å²) < 4.78 is 5.13. The number of nitrogens with one attached hydrogen (secondary N) is 1. The van der Waals surface area contributed by atoms with Crippen LogP contribution in [-0.4, -0.2) is 41.0 Å². The normalized spacial score (nSPS) is 18.9. The van der Waals surface area contributed by atoms with E-state index >= 15 is 0 Å². The first-order chi connectivity index (χ1) is 8.16. The maximum absolute atomic E-state index is 11.7. The highest BCUT2D eigenvalue weighted by Crippen LogP contribution is 2.04. The number of aromatic nitrogens is 2. The third-order valence-corrected chi connectivity index (χ3v) is 2.40. The van der Waals surface area contributed by atoms with Gasteiger partial charge in [0.1, 0.15) is 11.4 Å². The van der Waals surface area contributed by atoms with Crippen molar-refractivity contribution in [2.75, 3.05) is 13.2 Å². The average molecular weight is 236 g/mol. The van der Waals surface area contributed by atoms with Gasteiger partial charge in [0, 0.05) is 6.61 Å². The largest absolute Gasteiger partial charge is 0.379 e. The minimum absolute atomic E-state index is 0.0140. The Kier molecular flexibility index (Phi) is 3.29. The SMILES string of the molecule is NC(=O)c1cnc(C(=O)N[C@@H]2CCOC2)cn1. The van der Waals surface area contributed by atoms with E-state index in [0.717, 1.165) is 6.42 Å². The van der Waals surface area contributed by atoms with E-state index in [9.17, 15) is 9.59 Å². The summed E-state index contributed by atoms with van der Waals surface area (Å²) in [6, 6.07) is 0.0140. The molecule has 1 aliphatic heterocycles. The van der Waals surface area contributed by atoms with Crippen LogP contribution in [0.2, 0.25) is 0 Å². The van der Waals surface area contributed by atoms with Crippen LogP contribution in [0, 0.1) is 0 Å². The molecule has 1 aliphatic rings. The average Bonchev–Trinajstić information content (AvgIpc) is 2.82. The van der Waals surface area contributed by atoms with E-state index in [1.54, 1.807) is 0 Å². The van der Waals surface area contributed by atoms with Gasteiger partial charge in [0.05, 0.1) is 25.0 Å². The lowest BCUT2D eigenvalue weighted by molar-refractivity contribution is 0.0921. The number of rotatable bonds is 3. The number of primary amides is 1. The van der Waals surface area contributed by atoms with E-state index in [2.05, 4.69) is 15.3 Å².